The maximum atomic E-state index is 12.9. The molecule has 5 nitrogen and oxygen atoms in total. The molecule has 15 heavy (non-hydrogen) atoms. The van der Waals surface area contributed by atoms with Gasteiger partial charge in [0.15, 0.2) is 0 Å². The highest BCUT2D eigenvalue weighted by Gasteiger charge is 2.09. The average Bonchev–Trinajstić information content (AvgIpc) is 2.17. The lowest BCUT2D eigenvalue weighted by atomic mass is 10.2. The van der Waals surface area contributed by atoms with Gasteiger partial charge in [-0.15, -0.1) is 0 Å². The van der Waals surface area contributed by atoms with Gasteiger partial charge in [0, 0.05) is 18.3 Å². The van der Waals surface area contributed by atoms with Gasteiger partial charge in [0.2, 0.25) is 0 Å². The maximum Gasteiger partial charge on any atom is 0.274 e. The smallest absolute Gasteiger partial charge is 0.274 e. The summed E-state index contributed by atoms with van der Waals surface area (Å²) in [7, 11) is 0. The van der Waals surface area contributed by atoms with Crippen molar-refractivity contribution >= 4 is 11.4 Å². The van der Waals surface area contributed by atoms with Crippen LogP contribution in [0, 0.1) is 15.9 Å². The lowest BCUT2D eigenvalue weighted by molar-refractivity contribution is -0.385. The minimum atomic E-state index is -0.628. The molecule has 0 fully saturated rings. The van der Waals surface area contributed by atoms with Crippen LogP contribution in [0.25, 0.3) is 0 Å². The molecule has 82 valence electrons. The number of hydrogen-bond acceptors (Lipinski definition) is 4. The van der Waals surface area contributed by atoms with Gasteiger partial charge in [0.25, 0.3) is 5.69 Å². The summed E-state index contributed by atoms with van der Waals surface area (Å²) in [6, 6.07) is 3.39. The largest absolute Gasteiger partial charge is 0.385 e. The van der Waals surface area contributed by atoms with E-state index in [1.54, 1.807) is 0 Å². The Morgan fingerprint density at radius 1 is 1.47 bits per heavy atom. The first-order valence-electron chi connectivity index (χ1n) is 4.52. The predicted molar refractivity (Wildman–Crippen MR) is 55.2 cm³/mol. The highest BCUT2D eigenvalue weighted by molar-refractivity contribution is 5.51. The van der Waals surface area contributed by atoms with E-state index in [9.17, 15) is 14.5 Å². The summed E-state index contributed by atoms with van der Waals surface area (Å²) in [6.45, 7) is 1.08. The Morgan fingerprint density at radius 2 is 2.20 bits per heavy atom. The Balaban J connectivity index is 2.75. The summed E-state index contributed by atoms with van der Waals surface area (Å²) in [5.41, 5.74) is 5.42. The molecule has 0 saturated carbocycles. The minimum Gasteiger partial charge on any atom is -0.385 e. The van der Waals surface area contributed by atoms with Gasteiger partial charge < -0.3 is 11.1 Å². The molecule has 1 aromatic rings. The number of nitro benzene ring substituents is 1. The second kappa shape index (κ2) is 5.26. The topological polar surface area (TPSA) is 81.2 Å². The quantitative estimate of drug-likeness (QED) is 0.441. The number of nitrogens with two attached hydrogens (primary N) is 1. The van der Waals surface area contributed by atoms with E-state index in [2.05, 4.69) is 5.32 Å². The van der Waals surface area contributed by atoms with Gasteiger partial charge in [-0.1, -0.05) is 0 Å². The van der Waals surface area contributed by atoms with Crippen LogP contribution in [0.5, 0.6) is 0 Å². The lowest BCUT2D eigenvalue weighted by Gasteiger charge is -2.05. The summed E-state index contributed by atoms with van der Waals surface area (Å²) in [6.07, 6.45) is 0.726. The Kier molecular flexibility index (Phi) is 3.99. The molecule has 0 radical (unpaired) electrons. The average molecular weight is 213 g/mol. The fourth-order valence-corrected chi connectivity index (χ4v) is 1.12. The van der Waals surface area contributed by atoms with Crippen molar-refractivity contribution in [2.24, 2.45) is 5.73 Å². The third kappa shape index (κ3) is 3.51. The molecule has 0 aliphatic heterocycles. The van der Waals surface area contributed by atoms with E-state index in [1.165, 1.54) is 12.1 Å². The number of rotatable bonds is 5. The Morgan fingerprint density at radius 3 is 2.80 bits per heavy atom. The van der Waals surface area contributed by atoms with Gasteiger partial charge in [0.05, 0.1) is 11.0 Å². The van der Waals surface area contributed by atoms with Crippen molar-refractivity contribution in [2.45, 2.75) is 6.42 Å². The molecule has 6 heteroatoms. The normalized spacial score (nSPS) is 10.0. The van der Waals surface area contributed by atoms with Crippen LogP contribution < -0.4 is 11.1 Å². The van der Waals surface area contributed by atoms with Crippen molar-refractivity contribution in [3.8, 4) is 0 Å². The van der Waals surface area contributed by atoms with Crippen molar-refractivity contribution in [2.75, 3.05) is 18.4 Å². The van der Waals surface area contributed by atoms with Crippen molar-refractivity contribution < 1.29 is 9.31 Å². The summed E-state index contributed by atoms with van der Waals surface area (Å²) >= 11 is 0. The van der Waals surface area contributed by atoms with E-state index >= 15 is 0 Å². The van der Waals surface area contributed by atoms with Crippen molar-refractivity contribution in [1.82, 2.24) is 0 Å². The molecule has 1 rings (SSSR count). The number of halogens is 1. The van der Waals surface area contributed by atoms with Crippen LogP contribution in [0.1, 0.15) is 6.42 Å². The van der Waals surface area contributed by atoms with Crippen LogP contribution in [0.3, 0.4) is 0 Å². The number of benzene rings is 1. The molecule has 0 aliphatic rings. The molecule has 0 atom stereocenters. The molecular weight excluding hydrogens is 201 g/mol. The summed E-state index contributed by atoms with van der Waals surface area (Å²) in [4.78, 5) is 9.80. The van der Waals surface area contributed by atoms with E-state index in [1.807, 2.05) is 0 Å². The molecule has 0 spiro atoms. The van der Waals surface area contributed by atoms with Crippen LogP contribution in [-0.4, -0.2) is 18.0 Å². The fourth-order valence-electron chi connectivity index (χ4n) is 1.12. The molecule has 1 aromatic carbocycles. The van der Waals surface area contributed by atoms with Gasteiger partial charge in [-0.2, -0.15) is 0 Å². The highest BCUT2D eigenvalue weighted by Crippen LogP contribution is 2.19. The van der Waals surface area contributed by atoms with Crippen molar-refractivity contribution in [3.05, 3.63) is 34.1 Å². The van der Waals surface area contributed by atoms with E-state index in [0.29, 0.717) is 18.8 Å². The van der Waals surface area contributed by atoms with Gasteiger partial charge in [0.1, 0.15) is 5.82 Å². The lowest BCUT2D eigenvalue weighted by Crippen LogP contribution is -2.08. The first kappa shape index (κ1) is 11.4. The van der Waals surface area contributed by atoms with E-state index in [-0.39, 0.29) is 5.69 Å². The molecule has 0 aliphatic carbocycles. The van der Waals surface area contributed by atoms with Gasteiger partial charge in [-0.3, -0.25) is 10.1 Å². The Bertz CT molecular complexity index is 357. The predicted octanol–water partition coefficient (Wildman–Crippen LogP) is 1.49. The van der Waals surface area contributed by atoms with Gasteiger partial charge in [-0.25, -0.2) is 4.39 Å². The molecule has 0 heterocycles. The molecule has 0 aromatic heterocycles. The third-order valence-corrected chi connectivity index (χ3v) is 1.80. The molecule has 0 unspecified atom stereocenters. The minimum absolute atomic E-state index is 0.259. The van der Waals surface area contributed by atoms with E-state index < -0.39 is 10.7 Å². The Hall–Kier alpha value is -1.69. The highest BCUT2D eigenvalue weighted by atomic mass is 19.1. The molecule has 0 bridgehead atoms. The SMILES string of the molecule is NCCCNc1cc(F)cc([N+](=O)[O-])c1. The second-order valence-electron chi connectivity index (χ2n) is 3.02. The first-order valence-corrected chi connectivity index (χ1v) is 4.52. The number of hydrogen-bond donors (Lipinski definition) is 2. The van der Waals surface area contributed by atoms with Crippen LogP contribution in [0.4, 0.5) is 15.8 Å². The number of nitro groups is 1. The standard InChI is InChI=1S/C9H12FN3O2/c10-7-4-8(12-3-1-2-11)6-9(5-7)13(14)15/h4-6,12H,1-3,11H2. The van der Waals surface area contributed by atoms with Crippen molar-refractivity contribution in [3.63, 3.8) is 0 Å². The number of non-ortho nitro benzene ring substituents is 1. The van der Waals surface area contributed by atoms with E-state index in [0.717, 1.165) is 12.5 Å². The third-order valence-electron chi connectivity index (χ3n) is 1.80. The maximum absolute atomic E-state index is 12.9. The van der Waals surface area contributed by atoms with Crippen LogP contribution in [-0.2, 0) is 0 Å². The zero-order chi connectivity index (χ0) is 11.3. The monoisotopic (exact) mass is 213 g/mol. The van der Waals surface area contributed by atoms with Gasteiger partial charge in [-0.05, 0) is 19.0 Å². The molecule has 0 saturated heterocycles. The molecule has 0 amide bonds. The fraction of sp³-hybridized carbons (Fsp3) is 0.333. The summed E-state index contributed by atoms with van der Waals surface area (Å²) in [5, 5.41) is 13.3. The zero-order valence-corrected chi connectivity index (χ0v) is 8.07. The van der Waals surface area contributed by atoms with Gasteiger partial charge >= 0.3 is 0 Å². The molecule has 3 N–H and O–H groups in total. The summed E-state index contributed by atoms with van der Waals surface area (Å²) in [5.74, 6) is -0.626. The second-order valence-corrected chi connectivity index (χ2v) is 3.02. The van der Waals surface area contributed by atoms with Crippen molar-refractivity contribution in [1.29, 1.82) is 0 Å². The van der Waals surface area contributed by atoms with Crippen LogP contribution in [0.2, 0.25) is 0 Å². The molecular formula is C9H12FN3O2. The number of nitrogens with zero attached hydrogens (tertiary/aromatic N) is 1. The van der Waals surface area contributed by atoms with E-state index in [4.69, 9.17) is 5.73 Å². The first-order chi connectivity index (χ1) is 7.13. The number of nitrogens with one attached hydrogen (secondary N) is 1. The summed E-state index contributed by atoms with van der Waals surface area (Å²) < 4.78 is 12.9. The zero-order valence-electron chi connectivity index (χ0n) is 8.07. The van der Waals surface area contributed by atoms with Crippen LogP contribution in [0.15, 0.2) is 18.2 Å². The van der Waals surface area contributed by atoms with Crippen LogP contribution >= 0.6 is 0 Å². The number of anilines is 1. The Labute approximate surface area is 86.2 Å².